The van der Waals surface area contributed by atoms with Crippen molar-refractivity contribution in [1.29, 1.82) is 0 Å². The van der Waals surface area contributed by atoms with Crippen molar-refractivity contribution in [2.24, 2.45) is 0 Å². The molecule has 0 aliphatic heterocycles. The minimum absolute atomic E-state index is 0.117. The van der Waals surface area contributed by atoms with Gasteiger partial charge in [0.05, 0.1) is 30.9 Å². The van der Waals surface area contributed by atoms with Crippen LogP contribution in [-0.2, 0) is 29.1 Å². The number of hydrogen-bond acceptors (Lipinski definition) is 6. The van der Waals surface area contributed by atoms with Crippen LogP contribution in [0.15, 0.2) is 52.1 Å². The predicted octanol–water partition coefficient (Wildman–Crippen LogP) is 4.31. The molecule has 0 atom stereocenters. The zero-order valence-electron chi connectivity index (χ0n) is 18.1. The van der Waals surface area contributed by atoms with Crippen molar-refractivity contribution >= 4 is 56.8 Å². The zero-order chi connectivity index (χ0) is 23.8. The number of hydrogen-bond donors (Lipinski definition) is 2. The normalized spacial score (nSPS) is 10.7. The number of aromatic nitrogens is 3. The van der Waals surface area contributed by atoms with E-state index in [2.05, 4.69) is 36.8 Å². The van der Waals surface area contributed by atoms with Gasteiger partial charge in [-0.25, -0.2) is 0 Å². The van der Waals surface area contributed by atoms with E-state index in [-0.39, 0.29) is 30.5 Å². The second-order valence-corrected chi connectivity index (χ2v) is 9.11. The molecule has 0 fully saturated rings. The Morgan fingerprint density at radius 1 is 1.15 bits per heavy atom. The van der Waals surface area contributed by atoms with Crippen molar-refractivity contribution in [3.05, 3.63) is 63.3 Å². The quantitative estimate of drug-likeness (QED) is 0.364. The highest BCUT2D eigenvalue weighted by Crippen LogP contribution is 2.26. The molecular formula is C22H23BrClN5O3S. The molecule has 0 aliphatic rings. The van der Waals surface area contributed by atoms with Crippen LogP contribution in [0.1, 0.15) is 18.3 Å². The number of carbonyl (C=O) groups excluding carboxylic acids is 2. The van der Waals surface area contributed by atoms with Gasteiger partial charge in [0.25, 0.3) is 0 Å². The molecule has 0 saturated heterocycles. The molecule has 2 N–H and O–H groups in total. The maximum atomic E-state index is 12.3. The van der Waals surface area contributed by atoms with Gasteiger partial charge in [-0.15, -0.1) is 10.2 Å². The first-order valence-corrected chi connectivity index (χ1v) is 12.2. The van der Waals surface area contributed by atoms with Crippen molar-refractivity contribution in [2.75, 3.05) is 18.2 Å². The third-order valence-corrected chi connectivity index (χ3v) is 6.79. The molecule has 0 saturated carbocycles. The second-order valence-electron chi connectivity index (χ2n) is 6.91. The van der Waals surface area contributed by atoms with Crippen LogP contribution in [0.25, 0.3) is 0 Å². The van der Waals surface area contributed by atoms with Crippen LogP contribution in [0.5, 0.6) is 5.75 Å². The topological polar surface area (TPSA) is 98.1 Å². The highest BCUT2D eigenvalue weighted by atomic mass is 79.9. The van der Waals surface area contributed by atoms with Crippen molar-refractivity contribution < 1.29 is 14.3 Å². The molecule has 11 heteroatoms. The first-order chi connectivity index (χ1) is 15.9. The minimum atomic E-state index is -0.172. The average molecular weight is 553 g/mol. The molecule has 3 rings (SSSR count). The highest BCUT2D eigenvalue weighted by Gasteiger charge is 2.14. The van der Waals surface area contributed by atoms with E-state index < -0.39 is 0 Å². The molecule has 1 aromatic heterocycles. The summed E-state index contributed by atoms with van der Waals surface area (Å²) in [4.78, 5) is 24.6. The van der Waals surface area contributed by atoms with Gasteiger partial charge >= 0.3 is 0 Å². The van der Waals surface area contributed by atoms with Gasteiger partial charge in [0, 0.05) is 16.7 Å². The summed E-state index contributed by atoms with van der Waals surface area (Å²) in [7, 11) is 1.60. The Morgan fingerprint density at radius 3 is 2.58 bits per heavy atom. The largest absolute Gasteiger partial charge is 0.497 e. The third-order valence-electron chi connectivity index (χ3n) is 4.61. The number of thioether (sulfide) groups is 1. The van der Waals surface area contributed by atoms with Crippen LogP contribution in [0.2, 0.25) is 5.02 Å². The molecule has 0 unspecified atom stereocenters. The average Bonchev–Trinajstić information content (AvgIpc) is 3.21. The van der Waals surface area contributed by atoms with Crippen LogP contribution in [0.4, 0.5) is 5.69 Å². The molecule has 0 aliphatic carbocycles. The van der Waals surface area contributed by atoms with Crippen molar-refractivity contribution in [3.63, 3.8) is 0 Å². The summed E-state index contributed by atoms with van der Waals surface area (Å²) in [6.07, 6.45) is 0.257. The second kappa shape index (κ2) is 12.1. The summed E-state index contributed by atoms with van der Waals surface area (Å²) in [5.41, 5.74) is 1.54. The summed E-state index contributed by atoms with van der Waals surface area (Å²) in [5.74, 6) is 1.25. The van der Waals surface area contributed by atoms with Crippen LogP contribution >= 0.6 is 39.3 Å². The monoisotopic (exact) mass is 551 g/mol. The maximum Gasteiger partial charge on any atom is 0.234 e. The standard InChI is InChI=1S/C22H23BrClN5O3S/c1-3-29-19(12-25-20(30)10-14-4-7-16(32-2)8-5-14)27-28-22(29)33-13-21(31)26-15-6-9-18(24)17(23)11-15/h4-9,11H,3,10,12-13H2,1-2H3,(H,25,30)(H,26,31). The first kappa shape index (κ1) is 25.1. The molecular weight excluding hydrogens is 530 g/mol. The van der Waals surface area contributed by atoms with Gasteiger partial charge in [-0.2, -0.15) is 0 Å². The lowest BCUT2D eigenvalue weighted by Gasteiger charge is -2.09. The van der Waals surface area contributed by atoms with E-state index in [1.165, 1.54) is 11.8 Å². The molecule has 8 nitrogen and oxygen atoms in total. The van der Waals surface area contributed by atoms with Crippen molar-refractivity contribution in [1.82, 2.24) is 20.1 Å². The fourth-order valence-electron chi connectivity index (χ4n) is 2.94. The van der Waals surface area contributed by atoms with Crippen LogP contribution in [-0.4, -0.2) is 39.4 Å². The Labute approximate surface area is 209 Å². The Bertz CT molecular complexity index is 1120. The van der Waals surface area contributed by atoms with Gasteiger partial charge in [0.2, 0.25) is 11.8 Å². The number of nitrogens with one attached hydrogen (secondary N) is 2. The number of benzene rings is 2. The Morgan fingerprint density at radius 2 is 1.91 bits per heavy atom. The number of nitrogens with zero attached hydrogens (tertiary/aromatic N) is 3. The third kappa shape index (κ3) is 7.21. The summed E-state index contributed by atoms with van der Waals surface area (Å²) < 4.78 is 7.72. The van der Waals surface area contributed by atoms with Gasteiger partial charge < -0.3 is 19.9 Å². The molecule has 0 spiro atoms. The molecule has 3 aromatic rings. The minimum Gasteiger partial charge on any atom is -0.497 e. The van der Waals surface area contributed by atoms with Gasteiger partial charge in [0.15, 0.2) is 11.0 Å². The molecule has 2 aromatic carbocycles. The molecule has 1 heterocycles. The fraction of sp³-hybridized carbons (Fsp3) is 0.273. The van der Waals surface area contributed by atoms with E-state index in [0.29, 0.717) is 32.7 Å². The number of anilines is 1. The lowest BCUT2D eigenvalue weighted by molar-refractivity contribution is -0.120. The first-order valence-electron chi connectivity index (χ1n) is 10.1. The Kier molecular flexibility index (Phi) is 9.16. The van der Waals surface area contributed by atoms with E-state index in [1.807, 2.05) is 35.8 Å². The van der Waals surface area contributed by atoms with E-state index >= 15 is 0 Å². The number of halogens is 2. The Hall–Kier alpha value is -2.56. The fourth-order valence-corrected chi connectivity index (χ4v) is 4.26. The van der Waals surface area contributed by atoms with E-state index in [9.17, 15) is 9.59 Å². The number of amides is 2. The van der Waals surface area contributed by atoms with Crippen LogP contribution in [0, 0.1) is 0 Å². The summed E-state index contributed by atoms with van der Waals surface area (Å²) in [5, 5.41) is 15.2. The summed E-state index contributed by atoms with van der Waals surface area (Å²) in [6, 6.07) is 12.5. The summed E-state index contributed by atoms with van der Waals surface area (Å²) >= 11 is 10.6. The smallest absolute Gasteiger partial charge is 0.234 e. The summed E-state index contributed by atoms with van der Waals surface area (Å²) in [6.45, 7) is 2.83. The molecule has 0 bridgehead atoms. The Balaban J connectivity index is 1.51. The zero-order valence-corrected chi connectivity index (χ0v) is 21.3. The lowest BCUT2D eigenvalue weighted by atomic mass is 10.1. The SMILES string of the molecule is CCn1c(CNC(=O)Cc2ccc(OC)cc2)nnc1SCC(=O)Nc1ccc(Cl)c(Br)c1. The number of ether oxygens (including phenoxy) is 1. The van der Waals surface area contributed by atoms with E-state index in [1.54, 1.807) is 25.3 Å². The molecule has 33 heavy (non-hydrogen) atoms. The lowest BCUT2D eigenvalue weighted by Crippen LogP contribution is -2.26. The van der Waals surface area contributed by atoms with Gasteiger partial charge in [-0.05, 0) is 58.7 Å². The number of methoxy groups -OCH3 is 1. The van der Waals surface area contributed by atoms with Crippen LogP contribution < -0.4 is 15.4 Å². The molecule has 0 radical (unpaired) electrons. The van der Waals surface area contributed by atoms with E-state index in [0.717, 1.165) is 11.3 Å². The molecule has 2 amide bonds. The van der Waals surface area contributed by atoms with Crippen molar-refractivity contribution in [2.45, 2.75) is 31.6 Å². The number of carbonyl (C=O) groups is 2. The van der Waals surface area contributed by atoms with Gasteiger partial charge in [-0.1, -0.05) is 35.5 Å². The van der Waals surface area contributed by atoms with Crippen LogP contribution in [0.3, 0.4) is 0 Å². The number of rotatable bonds is 10. The predicted molar refractivity (Wildman–Crippen MR) is 133 cm³/mol. The van der Waals surface area contributed by atoms with Gasteiger partial charge in [-0.3, -0.25) is 9.59 Å². The van der Waals surface area contributed by atoms with Crippen molar-refractivity contribution in [3.8, 4) is 5.75 Å². The van der Waals surface area contributed by atoms with Gasteiger partial charge in [0.1, 0.15) is 5.75 Å². The van der Waals surface area contributed by atoms with E-state index in [4.69, 9.17) is 16.3 Å². The molecule has 174 valence electrons. The highest BCUT2D eigenvalue weighted by molar-refractivity contribution is 9.10. The maximum absolute atomic E-state index is 12.3.